The summed E-state index contributed by atoms with van der Waals surface area (Å²) in [6, 6.07) is 14.3. The Morgan fingerprint density at radius 1 is 0.840 bits per heavy atom. The number of unbranched alkanes of at least 4 members (excludes halogenated alkanes) is 5. The minimum absolute atomic E-state index is 0.143. The fourth-order valence-corrected chi connectivity index (χ4v) is 7.02. The van der Waals surface area contributed by atoms with E-state index in [2.05, 4.69) is 25.1 Å². The van der Waals surface area contributed by atoms with Crippen molar-refractivity contribution < 1.29 is 32.6 Å². The maximum absolute atomic E-state index is 12.2. The number of hydrogen-bond donors (Lipinski definition) is 0. The first-order valence-corrected chi connectivity index (χ1v) is 12.4. The highest BCUT2D eigenvalue weighted by molar-refractivity contribution is 7.86. The first kappa shape index (κ1) is 18.9. The molecule has 0 saturated heterocycles. The monoisotopic (exact) mass is 471 g/mol. The van der Waals surface area contributed by atoms with Gasteiger partial charge in [0.25, 0.3) is 0 Å². The second-order valence-corrected chi connectivity index (χ2v) is 10.7. The van der Waals surface area contributed by atoms with Crippen LogP contribution in [0.1, 0.15) is 45.4 Å². The largest absolute Gasteiger partial charge is 0.541 e. The maximum Gasteiger partial charge on any atom is 0.541 e. The SMILES string of the molecule is CCCCCCCCS(=O)(=O)O[I+]c1cccc2c1-c1ccccc1-2. The molecular weight excluding hydrogens is 447 g/mol. The summed E-state index contributed by atoms with van der Waals surface area (Å²) < 4.78 is 30.8. The fourth-order valence-electron chi connectivity index (χ4n) is 3.13. The Bertz CT molecular complexity index is 831. The molecule has 0 aliphatic heterocycles. The van der Waals surface area contributed by atoms with Crippen LogP contribution in [-0.4, -0.2) is 14.2 Å². The van der Waals surface area contributed by atoms with Gasteiger partial charge < -0.3 is 0 Å². The zero-order valence-corrected chi connectivity index (χ0v) is 17.5. The third kappa shape index (κ3) is 4.63. The van der Waals surface area contributed by atoms with Crippen molar-refractivity contribution >= 4 is 10.1 Å². The first-order chi connectivity index (χ1) is 12.1. The summed E-state index contributed by atoms with van der Waals surface area (Å²) in [6.45, 7) is 2.18. The summed E-state index contributed by atoms with van der Waals surface area (Å²) >= 11 is -0.996. The van der Waals surface area contributed by atoms with E-state index in [0.29, 0.717) is 6.42 Å². The molecule has 1 aliphatic carbocycles. The lowest BCUT2D eigenvalue weighted by Gasteiger charge is -2.22. The zero-order valence-electron chi connectivity index (χ0n) is 14.5. The lowest BCUT2D eigenvalue weighted by atomic mass is 9.81. The molecule has 0 heterocycles. The van der Waals surface area contributed by atoms with Gasteiger partial charge in [0, 0.05) is 5.56 Å². The summed E-state index contributed by atoms with van der Waals surface area (Å²) in [5.41, 5.74) is 4.86. The van der Waals surface area contributed by atoms with Crippen molar-refractivity contribution in [1.29, 1.82) is 0 Å². The molecular formula is C20H24IO3S+. The average Bonchev–Trinajstić information content (AvgIpc) is 2.60. The van der Waals surface area contributed by atoms with Crippen molar-refractivity contribution in [3.63, 3.8) is 0 Å². The van der Waals surface area contributed by atoms with Gasteiger partial charge in [-0.3, -0.25) is 0 Å². The third-order valence-corrected chi connectivity index (χ3v) is 9.06. The van der Waals surface area contributed by atoms with E-state index < -0.39 is 31.7 Å². The van der Waals surface area contributed by atoms with Gasteiger partial charge in [-0.1, -0.05) is 75.4 Å². The van der Waals surface area contributed by atoms with Crippen molar-refractivity contribution in [3.05, 3.63) is 46.0 Å². The van der Waals surface area contributed by atoms with Gasteiger partial charge in [-0.05, 0) is 31.7 Å². The van der Waals surface area contributed by atoms with Crippen LogP contribution in [0.3, 0.4) is 0 Å². The van der Waals surface area contributed by atoms with Gasteiger partial charge in [0.2, 0.25) is 3.57 Å². The summed E-state index contributed by atoms with van der Waals surface area (Å²) in [4.78, 5) is 0. The van der Waals surface area contributed by atoms with Crippen LogP contribution in [-0.2, 0) is 12.6 Å². The molecule has 2 aromatic rings. The molecule has 1 aliphatic rings. The van der Waals surface area contributed by atoms with Crippen molar-refractivity contribution in [2.45, 2.75) is 45.4 Å². The van der Waals surface area contributed by atoms with Crippen LogP contribution in [0.5, 0.6) is 0 Å². The van der Waals surface area contributed by atoms with E-state index in [1.165, 1.54) is 41.5 Å². The average molecular weight is 471 g/mol. The molecule has 0 atom stereocenters. The van der Waals surface area contributed by atoms with E-state index in [1.807, 2.05) is 24.3 Å². The lowest BCUT2D eigenvalue weighted by Crippen LogP contribution is -3.62. The minimum atomic E-state index is -3.41. The Morgan fingerprint density at radius 3 is 2.32 bits per heavy atom. The Balaban J connectivity index is 1.54. The lowest BCUT2D eigenvalue weighted by molar-refractivity contribution is -0.836. The Morgan fingerprint density at radius 2 is 1.52 bits per heavy atom. The topological polar surface area (TPSA) is 43.4 Å². The Labute approximate surface area is 161 Å². The molecule has 0 fully saturated rings. The number of benzene rings is 2. The molecule has 0 radical (unpaired) electrons. The molecule has 0 N–H and O–H groups in total. The number of fused-ring (bicyclic) bond motifs is 4. The predicted octanol–water partition coefficient (Wildman–Crippen LogP) is 2.21. The summed E-state index contributed by atoms with van der Waals surface area (Å²) in [6.07, 6.45) is 6.41. The van der Waals surface area contributed by atoms with Crippen LogP contribution in [0.15, 0.2) is 42.5 Å². The van der Waals surface area contributed by atoms with E-state index in [-0.39, 0.29) is 5.75 Å². The van der Waals surface area contributed by atoms with Gasteiger partial charge >= 0.3 is 31.7 Å². The van der Waals surface area contributed by atoms with Crippen molar-refractivity contribution in [2.24, 2.45) is 0 Å². The van der Waals surface area contributed by atoms with Crippen molar-refractivity contribution in [3.8, 4) is 22.3 Å². The molecule has 3 rings (SSSR count). The molecule has 2 aromatic carbocycles. The zero-order chi connectivity index (χ0) is 17.7. The quantitative estimate of drug-likeness (QED) is 0.337. The van der Waals surface area contributed by atoms with Gasteiger partial charge in [-0.15, -0.1) is 0 Å². The summed E-state index contributed by atoms with van der Waals surface area (Å²) in [5, 5.41) is 0. The third-order valence-electron chi connectivity index (χ3n) is 4.46. The van der Waals surface area contributed by atoms with Crippen molar-refractivity contribution in [2.75, 3.05) is 5.75 Å². The van der Waals surface area contributed by atoms with E-state index in [9.17, 15) is 8.42 Å². The second-order valence-electron chi connectivity index (χ2n) is 6.38. The molecule has 0 spiro atoms. The molecule has 0 saturated carbocycles. The summed E-state index contributed by atoms with van der Waals surface area (Å²) in [5.74, 6) is 0.143. The first-order valence-electron chi connectivity index (χ1n) is 8.91. The molecule has 25 heavy (non-hydrogen) atoms. The number of halogens is 1. The molecule has 0 aromatic heterocycles. The number of hydrogen-bond acceptors (Lipinski definition) is 3. The van der Waals surface area contributed by atoms with Crippen LogP contribution >= 0.6 is 0 Å². The van der Waals surface area contributed by atoms with Gasteiger partial charge in [0.15, 0.2) is 0 Å². The summed E-state index contributed by atoms with van der Waals surface area (Å²) in [7, 11) is -3.41. The highest BCUT2D eigenvalue weighted by Gasteiger charge is 2.34. The second kappa shape index (κ2) is 8.64. The minimum Gasteiger partial charge on any atom is -0.196 e. The van der Waals surface area contributed by atoms with E-state index in [1.54, 1.807) is 0 Å². The van der Waals surface area contributed by atoms with Crippen LogP contribution in [0.2, 0.25) is 0 Å². The molecule has 134 valence electrons. The molecule has 0 amide bonds. The van der Waals surface area contributed by atoms with Crippen LogP contribution < -0.4 is 21.6 Å². The van der Waals surface area contributed by atoms with E-state index >= 15 is 0 Å². The Kier molecular flexibility index (Phi) is 6.52. The maximum atomic E-state index is 12.2. The molecule has 0 unspecified atom stereocenters. The van der Waals surface area contributed by atoms with Crippen LogP contribution in [0, 0.1) is 3.57 Å². The van der Waals surface area contributed by atoms with Crippen LogP contribution in [0.25, 0.3) is 22.3 Å². The van der Waals surface area contributed by atoms with Crippen LogP contribution in [0.4, 0.5) is 0 Å². The number of rotatable bonds is 10. The molecule has 3 nitrogen and oxygen atoms in total. The van der Waals surface area contributed by atoms with Crippen molar-refractivity contribution in [1.82, 2.24) is 0 Å². The van der Waals surface area contributed by atoms with E-state index in [4.69, 9.17) is 2.51 Å². The Hall–Kier alpha value is -0.920. The smallest absolute Gasteiger partial charge is 0.196 e. The van der Waals surface area contributed by atoms with Gasteiger partial charge in [0.1, 0.15) is 0 Å². The highest BCUT2D eigenvalue weighted by Crippen LogP contribution is 2.46. The predicted molar refractivity (Wildman–Crippen MR) is 97.8 cm³/mol. The molecule has 0 bridgehead atoms. The van der Waals surface area contributed by atoms with E-state index in [0.717, 1.165) is 16.4 Å². The van der Waals surface area contributed by atoms with Gasteiger partial charge in [-0.25, -0.2) is 0 Å². The van der Waals surface area contributed by atoms with Gasteiger partial charge in [-0.2, -0.15) is 8.42 Å². The normalized spacial score (nSPS) is 12.4. The molecule has 5 heteroatoms. The van der Waals surface area contributed by atoms with Gasteiger partial charge in [0.05, 0.1) is 5.75 Å². The fraction of sp³-hybridized carbons (Fsp3) is 0.400. The highest BCUT2D eigenvalue weighted by atomic mass is 127. The standard InChI is InChI=1S/C20H24IO3S/c1-2-3-4-5-6-9-15-25(22,23)24-21-19-14-10-13-18-16-11-7-8-12-17(16)20(18)19/h7-8,10-14H,2-6,9,15H2,1H3/q+1.